The Morgan fingerprint density at radius 2 is 2.05 bits per heavy atom. The van der Waals surface area contributed by atoms with Gasteiger partial charge in [-0.2, -0.15) is 0 Å². The van der Waals surface area contributed by atoms with E-state index in [-0.39, 0.29) is 11.7 Å². The fourth-order valence-corrected chi connectivity index (χ4v) is 2.20. The number of rotatable bonds is 6. The van der Waals surface area contributed by atoms with Crippen molar-refractivity contribution < 1.29 is 4.92 Å². The van der Waals surface area contributed by atoms with E-state index in [1.807, 2.05) is 11.9 Å². The van der Waals surface area contributed by atoms with E-state index in [2.05, 4.69) is 26.2 Å². The van der Waals surface area contributed by atoms with Gasteiger partial charge in [-0.05, 0) is 31.4 Å². The molecule has 0 fully saturated rings. The third-order valence-electron chi connectivity index (χ3n) is 3.21. The molecule has 1 aromatic rings. The second kappa shape index (κ2) is 6.38. The Labute approximate surface area is 113 Å². The van der Waals surface area contributed by atoms with Crippen LogP contribution in [0.25, 0.3) is 0 Å². The maximum Gasteiger partial charge on any atom is 0.316 e. The summed E-state index contributed by atoms with van der Waals surface area (Å²) in [6.07, 6.45) is 0.966. The molecule has 0 spiro atoms. The summed E-state index contributed by atoms with van der Waals surface area (Å²) >= 11 is 0. The Bertz CT molecular complexity index is 448. The van der Waals surface area contributed by atoms with E-state index in [4.69, 9.17) is 5.84 Å². The average molecular weight is 266 g/mol. The minimum Gasteiger partial charge on any atom is -0.366 e. The largest absolute Gasteiger partial charge is 0.366 e. The van der Waals surface area contributed by atoms with Crippen LogP contribution in [0.5, 0.6) is 0 Å². The molecular formula is C13H22N4O2. The molecule has 1 unspecified atom stereocenters. The second-order valence-electron chi connectivity index (χ2n) is 5.16. The Balaban J connectivity index is 3.15. The van der Waals surface area contributed by atoms with E-state index in [0.29, 0.717) is 17.3 Å². The molecule has 0 saturated heterocycles. The van der Waals surface area contributed by atoms with Crippen LogP contribution >= 0.6 is 0 Å². The van der Waals surface area contributed by atoms with Crippen LogP contribution in [0.3, 0.4) is 0 Å². The Kier molecular flexibility index (Phi) is 5.11. The third kappa shape index (κ3) is 3.57. The minimum absolute atomic E-state index is 0.0168. The number of anilines is 2. The van der Waals surface area contributed by atoms with Crippen LogP contribution in [0.1, 0.15) is 27.2 Å². The molecule has 1 rings (SSSR count). The highest BCUT2D eigenvalue weighted by atomic mass is 16.6. The number of nitrogens with one attached hydrogen (secondary N) is 1. The molecule has 1 aromatic carbocycles. The van der Waals surface area contributed by atoms with Crippen molar-refractivity contribution in [1.82, 2.24) is 0 Å². The van der Waals surface area contributed by atoms with E-state index in [0.717, 1.165) is 6.42 Å². The number of nitrogens with two attached hydrogens (primary N) is 1. The topological polar surface area (TPSA) is 84.4 Å². The Morgan fingerprint density at radius 1 is 1.42 bits per heavy atom. The quantitative estimate of drug-likeness (QED) is 0.470. The molecule has 6 nitrogen and oxygen atoms in total. The first-order valence-electron chi connectivity index (χ1n) is 6.35. The zero-order valence-corrected chi connectivity index (χ0v) is 11.9. The molecule has 0 aliphatic carbocycles. The average Bonchev–Trinajstić information content (AvgIpc) is 2.35. The summed E-state index contributed by atoms with van der Waals surface area (Å²) in [5, 5.41) is 11.2. The van der Waals surface area contributed by atoms with Gasteiger partial charge in [0.1, 0.15) is 11.4 Å². The Hall–Kier alpha value is -1.82. The molecule has 0 bridgehead atoms. The maximum absolute atomic E-state index is 11.2. The van der Waals surface area contributed by atoms with E-state index in [1.54, 1.807) is 18.2 Å². The van der Waals surface area contributed by atoms with Crippen molar-refractivity contribution in [3.8, 4) is 0 Å². The van der Waals surface area contributed by atoms with Crippen molar-refractivity contribution in [2.75, 3.05) is 17.4 Å². The van der Waals surface area contributed by atoms with Gasteiger partial charge in [-0.1, -0.05) is 19.9 Å². The molecule has 1 atom stereocenters. The molecule has 0 aliphatic rings. The highest BCUT2D eigenvalue weighted by molar-refractivity contribution is 5.76. The molecular weight excluding hydrogens is 244 g/mol. The fourth-order valence-electron chi connectivity index (χ4n) is 2.20. The summed E-state index contributed by atoms with van der Waals surface area (Å²) in [5.41, 5.74) is 3.30. The van der Waals surface area contributed by atoms with Gasteiger partial charge in [-0.15, -0.1) is 0 Å². The smallest absolute Gasteiger partial charge is 0.316 e. The lowest BCUT2D eigenvalue weighted by molar-refractivity contribution is -0.383. The second-order valence-corrected chi connectivity index (χ2v) is 5.16. The SMILES string of the molecule is CC(C)CC(C)N(C)c1cccc(NN)c1[N+](=O)[O-]. The lowest BCUT2D eigenvalue weighted by Gasteiger charge is -2.28. The summed E-state index contributed by atoms with van der Waals surface area (Å²) in [4.78, 5) is 12.8. The van der Waals surface area contributed by atoms with Crippen molar-refractivity contribution in [1.29, 1.82) is 0 Å². The van der Waals surface area contributed by atoms with E-state index >= 15 is 0 Å². The molecule has 106 valence electrons. The van der Waals surface area contributed by atoms with Gasteiger partial charge in [-0.25, -0.2) is 0 Å². The Morgan fingerprint density at radius 3 is 2.53 bits per heavy atom. The third-order valence-corrected chi connectivity index (χ3v) is 3.21. The van der Waals surface area contributed by atoms with Gasteiger partial charge in [0.25, 0.3) is 0 Å². The maximum atomic E-state index is 11.2. The number of hydrogen-bond acceptors (Lipinski definition) is 5. The minimum atomic E-state index is -0.400. The number of nitro benzene ring substituents is 1. The van der Waals surface area contributed by atoms with Crippen LogP contribution in [-0.4, -0.2) is 18.0 Å². The van der Waals surface area contributed by atoms with Crippen molar-refractivity contribution in [2.24, 2.45) is 11.8 Å². The predicted molar refractivity (Wildman–Crippen MR) is 78.2 cm³/mol. The fraction of sp³-hybridized carbons (Fsp3) is 0.538. The van der Waals surface area contributed by atoms with E-state index in [1.165, 1.54) is 0 Å². The van der Waals surface area contributed by atoms with Crippen LogP contribution in [0, 0.1) is 16.0 Å². The summed E-state index contributed by atoms with van der Waals surface area (Å²) in [6, 6.07) is 5.32. The molecule has 0 saturated carbocycles. The lowest BCUT2D eigenvalue weighted by Crippen LogP contribution is -2.30. The number of nitrogens with zero attached hydrogens (tertiary/aromatic N) is 2. The van der Waals surface area contributed by atoms with Crippen LogP contribution in [0.4, 0.5) is 17.1 Å². The van der Waals surface area contributed by atoms with E-state index in [9.17, 15) is 10.1 Å². The molecule has 0 amide bonds. The number of para-hydroxylation sites is 1. The van der Waals surface area contributed by atoms with Crippen molar-refractivity contribution in [3.05, 3.63) is 28.3 Å². The standard InChI is InChI=1S/C13H22N4O2/c1-9(2)8-10(3)16(4)12-7-5-6-11(15-14)13(12)17(18)19/h5-7,9-10,15H,8,14H2,1-4H3. The molecule has 0 radical (unpaired) electrons. The first-order valence-corrected chi connectivity index (χ1v) is 6.35. The molecule has 0 aromatic heterocycles. The zero-order chi connectivity index (χ0) is 14.6. The van der Waals surface area contributed by atoms with Gasteiger partial charge >= 0.3 is 5.69 Å². The summed E-state index contributed by atoms with van der Waals surface area (Å²) in [6.45, 7) is 6.33. The number of hydrogen-bond donors (Lipinski definition) is 2. The van der Waals surface area contributed by atoms with Crippen molar-refractivity contribution in [2.45, 2.75) is 33.2 Å². The summed E-state index contributed by atoms with van der Waals surface area (Å²) < 4.78 is 0. The summed E-state index contributed by atoms with van der Waals surface area (Å²) in [7, 11) is 1.87. The van der Waals surface area contributed by atoms with Gasteiger partial charge in [-0.3, -0.25) is 16.0 Å². The normalized spacial score (nSPS) is 12.3. The first-order chi connectivity index (χ1) is 8.88. The number of nitro groups is 1. The molecule has 3 N–H and O–H groups in total. The van der Waals surface area contributed by atoms with Crippen LogP contribution in [-0.2, 0) is 0 Å². The van der Waals surface area contributed by atoms with Gasteiger partial charge < -0.3 is 10.3 Å². The van der Waals surface area contributed by atoms with Gasteiger partial charge in [0, 0.05) is 13.1 Å². The first kappa shape index (κ1) is 15.2. The predicted octanol–water partition coefficient (Wildman–Crippen LogP) is 2.75. The zero-order valence-electron chi connectivity index (χ0n) is 11.9. The monoisotopic (exact) mass is 266 g/mol. The summed E-state index contributed by atoms with van der Waals surface area (Å²) in [5.74, 6) is 5.88. The molecule has 19 heavy (non-hydrogen) atoms. The van der Waals surface area contributed by atoms with Crippen molar-refractivity contribution in [3.63, 3.8) is 0 Å². The van der Waals surface area contributed by atoms with Gasteiger partial charge in [0.15, 0.2) is 0 Å². The van der Waals surface area contributed by atoms with E-state index < -0.39 is 4.92 Å². The van der Waals surface area contributed by atoms with Gasteiger partial charge in [0.2, 0.25) is 0 Å². The molecule has 0 heterocycles. The number of nitrogen functional groups attached to an aromatic ring is 1. The van der Waals surface area contributed by atoms with Crippen LogP contribution < -0.4 is 16.2 Å². The van der Waals surface area contributed by atoms with Crippen molar-refractivity contribution >= 4 is 17.1 Å². The number of benzene rings is 1. The molecule has 0 aliphatic heterocycles. The van der Waals surface area contributed by atoms with Gasteiger partial charge in [0.05, 0.1) is 4.92 Å². The molecule has 6 heteroatoms. The van der Waals surface area contributed by atoms with Crippen LogP contribution in [0.2, 0.25) is 0 Å². The number of hydrazine groups is 1. The highest BCUT2D eigenvalue weighted by Crippen LogP contribution is 2.35. The van der Waals surface area contributed by atoms with Crippen LogP contribution in [0.15, 0.2) is 18.2 Å². The lowest BCUT2D eigenvalue weighted by atomic mass is 10.0. The highest BCUT2D eigenvalue weighted by Gasteiger charge is 2.24.